The van der Waals surface area contributed by atoms with Gasteiger partial charge in [0.1, 0.15) is 5.75 Å². The molecule has 3 aromatic rings. The van der Waals surface area contributed by atoms with Crippen molar-refractivity contribution >= 4 is 28.8 Å². The average Bonchev–Trinajstić information content (AvgIpc) is 3.00. The summed E-state index contributed by atoms with van der Waals surface area (Å²) in [6.07, 6.45) is -3.03. The number of methoxy groups -OCH3 is 1. The number of alkyl halides is 3. The summed E-state index contributed by atoms with van der Waals surface area (Å²) in [6, 6.07) is 6.21. The second-order valence-electron chi connectivity index (χ2n) is 6.03. The number of nitrogen functional groups attached to an aromatic ring is 1. The number of carbonyl (C=O) groups excluding carboxylic acids is 1. The van der Waals surface area contributed by atoms with Crippen LogP contribution < -0.4 is 10.6 Å². The van der Waals surface area contributed by atoms with Gasteiger partial charge in [-0.3, -0.25) is 4.98 Å². The first-order valence-electron chi connectivity index (χ1n) is 8.32. The van der Waals surface area contributed by atoms with E-state index in [2.05, 4.69) is 9.97 Å². The number of halogens is 3. The monoisotopic (exact) mass is 426 g/mol. The number of imidazole rings is 1. The van der Waals surface area contributed by atoms with Crippen molar-refractivity contribution in [2.24, 2.45) is 0 Å². The van der Waals surface area contributed by atoms with Gasteiger partial charge in [0, 0.05) is 17.5 Å². The Kier molecular flexibility index (Phi) is 5.87. The van der Waals surface area contributed by atoms with Crippen molar-refractivity contribution in [3.8, 4) is 5.75 Å². The standard InChI is InChI=1S/C18H17F3N4O3S/c1-10-13(23-6-5-15(10)28-9-18(19,20)21)8-29-17-24-12-7-11(16(26)27-2)3-4-14(12)25(17)22/h3-7H,8-9,22H2,1-2H3. The van der Waals surface area contributed by atoms with Crippen LogP contribution in [0.15, 0.2) is 35.6 Å². The number of fused-ring (bicyclic) bond motifs is 1. The Balaban J connectivity index is 1.78. The van der Waals surface area contributed by atoms with Crippen molar-refractivity contribution in [2.45, 2.75) is 24.0 Å². The van der Waals surface area contributed by atoms with E-state index < -0.39 is 18.8 Å². The predicted octanol–water partition coefficient (Wildman–Crippen LogP) is 3.47. The summed E-state index contributed by atoms with van der Waals surface area (Å²) in [6.45, 7) is 0.272. The normalized spacial score (nSPS) is 11.6. The largest absolute Gasteiger partial charge is 0.484 e. The molecule has 0 bridgehead atoms. The number of nitrogens with two attached hydrogens (primary N) is 1. The van der Waals surface area contributed by atoms with Gasteiger partial charge in [-0.15, -0.1) is 0 Å². The number of carbonyl (C=O) groups is 1. The Hall–Kier alpha value is -2.95. The smallest absolute Gasteiger partial charge is 0.422 e. The zero-order chi connectivity index (χ0) is 21.2. The Morgan fingerprint density at radius 1 is 1.31 bits per heavy atom. The maximum absolute atomic E-state index is 12.4. The van der Waals surface area contributed by atoms with E-state index in [1.165, 1.54) is 35.8 Å². The number of rotatable bonds is 6. The summed E-state index contributed by atoms with van der Waals surface area (Å²) in [4.78, 5) is 20.3. The molecule has 0 aliphatic rings. The lowest BCUT2D eigenvalue weighted by atomic mass is 10.2. The minimum atomic E-state index is -4.42. The Bertz CT molecular complexity index is 1050. The van der Waals surface area contributed by atoms with Crippen LogP contribution in [0.3, 0.4) is 0 Å². The number of esters is 1. The molecule has 2 aromatic heterocycles. The molecule has 1 aromatic carbocycles. The molecule has 11 heteroatoms. The molecule has 3 rings (SSSR count). The fourth-order valence-corrected chi connectivity index (χ4v) is 3.53. The highest BCUT2D eigenvalue weighted by Crippen LogP contribution is 2.29. The van der Waals surface area contributed by atoms with E-state index >= 15 is 0 Å². The molecule has 2 heterocycles. The molecule has 7 nitrogen and oxygen atoms in total. The van der Waals surface area contributed by atoms with Crippen molar-refractivity contribution in [2.75, 3.05) is 19.6 Å². The predicted molar refractivity (Wildman–Crippen MR) is 101 cm³/mol. The molecule has 0 radical (unpaired) electrons. The van der Waals surface area contributed by atoms with Crippen molar-refractivity contribution in [3.63, 3.8) is 0 Å². The van der Waals surface area contributed by atoms with Gasteiger partial charge >= 0.3 is 12.1 Å². The van der Waals surface area contributed by atoms with Gasteiger partial charge in [0.25, 0.3) is 0 Å². The molecule has 0 aliphatic heterocycles. The van der Waals surface area contributed by atoms with Crippen LogP contribution in [-0.2, 0) is 10.5 Å². The van der Waals surface area contributed by atoms with Crippen molar-refractivity contribution < 1.29 is 27.4 Å². The number of nitrogens with zero attached hydrogens (tertiary/aromatic N) is 3. The molecule has 29 heavy (non-hydrogen) atoms. The van der Waals surface area contributed by atoms with E-state index in [0.29, 0.717) is 38.8 Å². The minimum Gasteiger partial charge on any atom is -0.484 e. The van der Waals surface area contributed by atoms with Gasteiger partial charge in [-0.05, 0) is 31.2 Å². The highest BCUT2D eigenvalue weighted by Gasteiger charge is 2.28. The fraction of sp³-hybridized carbons (Fsp3) is 0.278. The molecular formula is C18H17F3N4O3S. The molecule has 0 fully saturated rings. The lowest BCUT2D eigenvalue weighted by Crippen LogP contribution is -2.19. The van der Waals surface area contributed by atoms with E-state index in [1.807, 2.05) is 0 Å². The molecule has 0 spiro atoms. The van der Waals surface area contributed by atoms with E-state index in [-0.39, 0.29) is 5.75 Å². The molecule has 2 N–H and O–H groups in total. The first-order chi connectivity index (χ1) is 13.7. The summed E-state index contributed by atoms with van der Waals surface area (Å²) < 4.78 is 48.1. The third kappa shape index (κ3) is 4.73. The van der Waals surface area contributed by atoms with Crippen LogP contribution in [0.25, 0.3) is 11.0 Å². The van der Waals surface area contributed by atoms with Crippen LogP contribution in [0.4, 0.5) is 13.2 Å². The first-order valence-corrected chi connectivity index (χ1v) is 9.31. The van der Waals surface area contributed by atoms with Crippen LogP contribution in [0.1, 0.15) is 21.6 Å². The van der Waals surface area contributed by atoms with Crippen molar-refractivity contribution in [3.05, 3.63) is 47.3 Å². The van der Waals surface area contributed by atoms with Gasteiger partial charge in [0.05, 0.1) is 29.4 Å². The van der Waals surface area contributed by atoms with Crippen molar-refractivity contribution in [1.29, 1.82) is 0 Å². The molecule has 0 unspecified atom stereocenters. The molecular weight excluding hydrogens is 409 g/mol. The van der Waals surface area contributed by atoms with Gasteiger partial charge in [-0.2, -0.15) is 13.2 Å². The summed E-state index contributed by atoms with van der Waals surface area (Å²) in [5, 5.41) is 0.463. The lowest BCUT2D eigenvalue weighted by Gasteiger charge is -2.13. The second kappa shape index (κ2) is 8.19. The molecule has 0 amide bonds. The van der Waals surface area contributed by atoms with E-state index in [9.17, 15) is 18.0 Å². The summed E-state index contributed by atoms with van der Waals surface area (Å²) >= 11 is 1.26. The van der Waals surface area contributed by atoms with Gasteiger partial charge in [-0.1, -0.05) is 11.8 Å². The van der Waals surface area contributed by atoms with Crippen LogP contribution in [0.2, 0.25) is 0 Å². The summed E-state index contributed by atoms with van der Waals surface area (Å²) in [5.74, 6) is 6.03. The van der Waals surface area contributed by atoms with Crippen LogP contribution in [0, 0.1) is 6.92 Å². The Morgan fingerprint density at radius 3 is 2.76 bits per heavy atom. The Morgan fingerprint density at radius 2 is 2.07 bits per heavy atom. The molecule has 154 valence electrons. The topological polar surface area (TPSA) is 92.3 Å². The SMILES string of the molecule is COC(=O)c1ccc2c(c1)nc(SCc1nccc(OCC(F)(F)F)c1C)n2N. The summed E-state index contributed by atoms with van der Waals surface area (Å²) in [7, 11) is 1.29. The second-order valence-corrected chi connectivity index (χ2v) is 6.98. The molecule has 0 saturated carbocycles. The quantitative estimate of drug-likeness (QED) is 0.367. The number of hydrogen-bond donors (Lipinski definition) is 1. The number of pyridine rings is 1. The van der Waals surface area contributed by atoms with E-state index in [0.717, 1.165) is 0 Å². The van der Waals surface area contributed by atoms with Crippen LogP contribution >= 0.6 is 11.8 Å². The molecule has 0 atom stereocenters. The van der Waals surface area contributed by atoms with Crippen LogP contribution in [0.5, 0.6) is 5.75 Å². The zero-order valence-corrected chi connectivity index (χ0v) is 16.3. The Labute approximate surface area is 168 Å². The maximum atomic E-state index is 12.4. The average molecular weight is 426 g/mol. The fourth-order valence-electron chi connectivity index (χ4n) is 2.58. The van der Waals surface area contributed by atoms with Gasteiger partial charge < -0.3 is 15.3 Å². The number of thioether (sulfide) groups is 1. The highest BCUT2D eigenvalue weighted by molar-refractivity contribution is 7.98. The lowest BCUT2D eigenvalue weighted by molar-refractivity contribution is -0.153. The molecule has 0 saturated heterocycles. The minimum absolute atomic E-state index is 0.122. The maximum Gasteiger partial charge on any atom is 0.422 e. The third-order valence-corrected chi connectivity index (χ3v) is 5.03. The number of hydrogen-bond acceptors (Lipinski definition) is 7. The van der Waals surface area contributed by atoms with Gasteiger partial charge in [0.2, 0.25) is 0 Å². The number of ether oxygens (including phenoxy) is 2. The zero-order valence-electron chi connectivity index (χ0n) is 15.5. The van der Waals surface area contributed by atoms with Crippen molar-refractivity contribution in [1.82, 2.24) is 14.6 Å². The van der Waals surface area contributed by atoms with Gasteiger partial charge in [-0.25, -0.2) is 14.5 Å². The third-order valence-electron chi connectivity index (χ3n) is 4.07. The number of benzene rings is 1. The molecule has 0 aliphatic carbocycles. The number of aromatic nitrogens is 3. The summed E-state index contributed by atoms with van der Waals surface area (Å²) in [5.41, 5.74) is 2.55. The van der Waals surface area contributed by atoms with Crippen LogP contribution in [-0.4, -0.2) is 40.5 Å². The van der Waals surface area contributed by atoms with E-state index in [4.69, 9.17) is 15.3 Å². The highest BCUT2D eigenvalue weighted by atomic mass is 32.2. The van der Waals surface area contributed by atoms with E-state index in [1.54, 1.807) is 25.1 Å². The first kappa shape index (κ1) is 20.8. The van der Waals surface area contributed by atoms with Gasteiger partial charge in [0.15, 0.2) is 11.8 Å².